The first-order valence-electron chi connectivity index (χ1n) is 6.10. The smallest absolute Gasteiger partial charge is 0.325 e. The summed E-state index contributed by atoms with van der Waals surface area (Å²) in [4.78, 5) is 44.2. The van der Waals surface area contributed by atoms with Crippen molar-refractivity contribution in [2.24, 2.45) is 5.73 Å². The number of hydrogen-bond acceptors (Lipinski definition) is 6. The summed E-state index contributed by atoms with van der Waals surface area (Å²) in [6.45, 7) is 0.463. The lowest BCUT2D eigenvalue weighted by molar-refractivity contribution is -0.142. The zero-order valence-electron chi connectivity index (χ0n) is 11.4. The number of carbonyl (C=O) groups is 4. The molecule has 0 spiro atoms. The van der Waals surface area contributed by atoms with Crippen molar-refractivity contribution in [3.63, 3.8) is 0 Å². The van der Waals surface area contributed by atoms with Crippen LogP contribution < -0.4 is 16.4 Å². The molecule has 0 saturated heterocycles. The second-order valence-corrected chi connectivity index (χ2v) is 4.35. The van der Waals surface area contributed by atoms with Crippen molar-refractivity contribution in [2.45, 2.75) is 37.9 Å². The number of aliphatic carboxylic acids is 2. The minimum Gasteiger partial charge on any atom is -0.481 e. The number of nitrogens with one attached hydrogen (secondary N) is 2. The Kier molecular flexibility index (Phi) is 7.94. The van der Waals surface area contributed by atoms with Gasteiger partial charge in [-0.25, -0.2) is 0 Å². The summed E-state index contributed by atoms with van der Waals surface area (Å²) in [6.07, 6.45) is -0.451. The number of amides is 2. The molecule has 0 aliphatic carbocycles. The van der Waals surface area contributed by atoms with E-state index in [0.29, 0.717) is 0 Å². The topological polar surface area (TPSA) is 179 Å². The summed E-state index contributed by atoms with van der Waals surface area (Å²) in [5.74, 6) is -4.09. The molecular weight excluding hydrogens is 286 g/mol. The molecule has 0 unspecified atom stereocenters. The summed E-state index contributed by atoms with van der Waals surface area (Å²) in [5.41, 5.74) is 5.44. The fraction of sp³-hybridized carbons (Fsp3) is 0.636. The predicted molar refractivity (Wildman–Crippen MR) is 69.1 cm³/mol. The Morgan fingerprint density at radius 2 is 1.67 bits per heavy atom. The standard InChI is InChI=1S/C11H19N3O7/c1-5(11(20)21)13-10(19)7(4-15)14-9(18)6(12)2-3-8(16)17/h5-7,15H,2-4,12H2,1H3,(H,13,19)(H,14,18)(H,16,17)(H,20,21)/t5-,6-,7-/m0/s1. The molecular formula is C11H19N3O7. The number of rotatable bonds is 9. The fourth-order valence-electron chi connectivity index (χ4n) is 1.26. The van der Waals surface area contributed by atoms with Gasteiger partial charge >= 0.3 is 11.9 Å². The second kappa shape index (κ2) is 8.87. The molecule has 7 N–H and O–H groups in total. The number of aliphatic hydroxyl groups is 1. The van der Waals surface area contributed by atoms with E-state index in [2.05, 4.69) is 10.6 Å². The van der Waals surface area contributed by atoms with E-state index in [0.717, 1.165) is 0 Å². The molecule has 0 aromatic rings. The van der Waals surface area contributed by atoms with Gasteiger partial charge < -0.3 is 31.7 Å². The van der Waals surface area contributed by atoms with Crippen LogP contribution in [0, 0.1) is 0 Å². The Morgan fingerprint density at radius 1 is 1.10 bits per heavy atom. The molecule has 0 rings (SSSR count). The maximum atomic E-state index is 11.6. The summed E-state index contributed by atoms with van der Waals surface area (Å²) < 4.78 is 0. The Labute approximate surface area is 120 Å². The number of nitrogens with two attached hydrogens (primary N) is 1. The molecule has 21 heavy (non-hydrogen) atoms. The van der Waals surface area contributed by atoms with Crippen molar-refractivity contribution < 1.29 is 34.5 Å². The van der Waals surface area contributed by atoms with Gasteiger partial charge in [-0.15, -0.1) is 0 Å². The summed E-state index contributed by atoms with van der Waals surface area (Å²) in [6, 6.07) is -3.71. The van der Waals surface area contributed by atoms with Gasteiger partial charge in [-0.3, -0.25) is 19.2 Å². The Hall–Kier alpha value is -2.20. The summed E-state index contributed by atoms with van der Waals surface area (Å²) >= 11 is 0. The normalized spacial score (nSPS) is 14.6. The van der Waals surface area contributed by atoms with E-state index in [4.69, 9.17) is 21.1 Å². The zero-order chi connectivity index (χ0) is 16.6. The number of hydrogen-bond donors (Lipinski definition) is 6. The van der Waals surface area contributed by atoms with Crippen LogP contribution in [-0.2, 0) is 19.2 Å². The number of carbonyl (C=O) groups excluding carboxylic acids is 2. The van der Waals surface area contributed by atoms with Crippen molar-refractivity contribution in [3.05, 3.63) is 0 Å². The molecule has 2 amide bonds. The molecule has 0 heterocycles. The maximum Gasteiger partial charge on any atom is 0.325 e. The van der Waals surface area contributed by atoms with Crippen LogP contribution in [0.1, 0.15) is 19.8 Å². The van der Waals surface area contributed by atoms with Crippen LogP contribution in [-0.4, -0.2) is 63.8 Å². The number of carboxylic acids is 2. The third-order valence-corrected chi connectivity index (χ3v) is 2.55. The molecule has 10 nitrogen and oxygen atoms in total. The van der Waals surface area contributed by atoms with Crippen LogP contribution in [0.2, 0.25) is 0 Å². The molecule has 0 fully saturated rings. The first kappa shape index (κ1) is 18.8. The number of carboxylic acid groups (broad SMARTS) is 2. The van der Waals surface area contributed by atoms with E-state index in [1.54, 1.807) is 0 Å². The highest BCUT2D eigenvalue weighted by atomic mass is 16.4. The van der Waals surface area contributed by atoms with Crippen LogP contribution in [0.3, 0.4) is 0 Å². The predicted octanol–water partition coefficient (Wildman–Crippen LogP) is -2.76. The van der Waals surface area contributed by atoms with Crippen molar-refractivity contribution >= 4 is 23.8 Å². The lowest BCUT2D eigenvalue weighted by atomic mass is 10.1. The van der Waals surface area contributed by atoms with Crippen molar-refractivity contribution in [1.82, 2.24) is 10.6 Å². The van der Waals surface area contributed by atoms with E-state index in [-0.39, 0.29) is 12.8 Å². The highest BCUT2D eigenvalue weighted by Crippen LogP contribution is 1.96. The molecule has 0 aromatic carbocycles. The second-order valence-electron chi connectivity index (χ2n) is 4.35. The number of aliphatic hydroxyl groups excluding tert-OH is 1. The molecule has 0 aliphatic heterocycles. The van der Waals surface area contributed by atoms with Crippen molar-refractivity contribution in [1.29, 1.82) is 0 Å². The van der Waals surface area contributed by atoms with Gasteiger partial charge in [-0.05, 0) is 13.3 Å². The van der Waals surface area contributed by atoms with Gasteiger partial charge in [0.25, 0.3) is 0 Å². The van der Waals surface area contributed by atoms with Gasteiger partial charge in [0.15, 0.2) is 0 Å². The van der Waals surface area contributed by atoms with Gasteiger partial charge in [-0.1, -0.05) is 0 Å². The lowest BCUT2D eigenvalue weighted by Gasteiger charge is -2.19. The Morgan fingerprint density at radius 3 is 2.10 bits per heavy atom. The van der Waals surface area contributed by atoms with Gasteiger partial charge in [0.05, 0.1) is 12.6 Å². The molecule has 0 radical (unpaired) electrons. The summed E-state index contributed by atoms with van der Waals surface area (Å²) in [7, 11) is 0. The van der Waals surface area contributed by atoms with Gasteiger partial charge in [0.2, 0.25) is 11.8 Å². The van der Waals surface area contributed by atoms with Crippen LogP contribution in [0.25, 0.3) is 0 Å². The Bertz CT molecular complexity index is 413. The van der Waals surface area contributed by atoms with Gasteiger partial charge in [0.1, 0.15) is 12.1 Å². The minimum atomic E-state index is -1.37. The van der Waals surface area contributed by atoms with E-state index >= 15 is 0 Å². The first-order valence-corrected chi connectivity index (χ1v) is 6.10. The average molecular weight is 305 g/mol. The van der Waals surface area contributed by atoms with Crippen LogP contribution >= 0.6 is 0 Å². The third kappa shape index (κ3) is 7.22. The monoisotopic (exact) mass is 305 g/mol. The van der Waals surface area contributed by atoms with E-state index in [1.165, 1.54) is 6.92 Å². The Balaban J connectivity index is 4.47. The minimum absolute atomic E-state index is 0.132. The van der Waals surface area contributed by atoms with Gasteiger partial charge in [-0.2, -0.15) is 0 Å². The highest BCUT2D eigenvalue weighted by Gasteiger charge is 2.25. The largest absolute Gasteiger partial charge is 0.481 e. The van der Waals surface area contributed by atoms with E-state index < -0.39 is 48.5 Å². The van der Waals surface area contributed by atoms with Crippen LogP contribution in [0.4, 0.5) is 0 Å². The van der Waals surface area contributed by atoms with Crippen LogP contribution in [0.15, 0.2) is 0 Å². The maximum absolute atomic E-state index is 11.6. The molecule has 10 heteroatoms. The molecule has 0 bridgehead atoms. The lowest BCUT2D eigenvalue weighted by Crippen LogP contribution is -2.55. The molecule has 0 saturated carbocycles. The molecule has 0 aliphatic rings. The van der Waals surface area contributed by atoms with Crippen molar-refractivity contribution in [3.8, 4) is 0 Å². The van der Waals surface area contributed by atoms with E-state index in [1.807, 2.05) is 0 Å². The SMILES string of the molecule is C[C@H](NC(=O)[C@H](CO)NC(=O)[C@@H](N)CCC(=O)O)C(=O)O. The average Bonchev–Trinajstić information content (AvgIpc) is 2.41. The quantitative estimate of drug-likeness (QED) is 0.265. The molecule has 0 aromatic heterocycles. The highest BCUT2D eigenvalue weighted by molar-refractivity contribution is 5.91. The fourth-order valence-corrected chi connectivity index (χ4v) is 1.26. The molecule has 120 valence electrons. The molecule has 3 atom stereocenters. The first-order chi connectivity index (χ1) is 9.68. The third-order valence-electron chi connectivity index (χ3n) is 2.55. The van der Waals surface area contributed by atoms with Gasteiger partial charge in [0, 0.05) is 6.42 Å². The van der Waals surface area contributed by atoms with E-state index in [9.17, 15) is 19.2 Å². The zero-order valence-corrected chi connectivity index (χ0v) is 11.4. The summed E-state index contributed by atoms with van der Waals surface area (Å²) in [5, 5.41) is 30.3. The van der Waals surface area contributed by atoms with Crippen LogP contribution in [0.5, 0.6) is 0 Å². The van der Waals surface area contributed by atoms with Crippen molar-refractivity contribution in [2.75, 3.05) is 6.61 Å².